The number of hydrogen-bond acceptors (Lipinski definition) is 4. The first kappa shape index (κ1) is 16.1. The van der Waals surface area contributed by atoms with Gasteiger partial charge in [0.15, 0.2) is 11.5 Å². The fourth-order valence-corrected chi connectivity index (χ4v) is 2.65. The van der Waals surface area contributed by atoms with Gasteiger partial charge in [0.1, 0.15) is 0 Å². The molecule has 6 heteroatoms. The summed E-state index contributed by atoms with van der Waals surface area (Å²) < 4.78 is 12.4. The van der Waals surface area contributed by atoms with Gasteiger partial charge in [0, 0.05) is 17.9 Å². The van der Waals surface area contributed by atoms with Crippen LogP contribution in [0.1, 0.15) is 38.3 Å². The van der Waals surface area contributed by atoms with Gasteiger partial charge in [0.25, 0.3) is 0 Å². The van der Waals surface area contributed by atoms with E-state index in [-0.39, 0.29) is 17.9 Å². The molecule has 1 unspecified atom stereocenters. The van der Waals surface area contributed by atoms with Gasteiger partial charge in [-0.1, -0.05) is 13.8 Å². The Balaban J connectivity index is 2.22. The summed E-state index contributed by atoms with van der Waals surface area (Å²) in [5, 5.41) is 8.74. The third kappa shape index (κ3) is 4.11. The van der Waals surface area contributed by atoms with Crippen molar-refractivity contribution in [3.63, 3.8) is 0 Å². The maximum absolute atomic E-state index is 10.6. The highest BCUT2D eigenvalue weighted by Gasteiger charge is 2.27. The van der Waals surface area contributed by atoms with Crippen molar-refractivity contribution in [1.82, 2.24) is 0 Å². The summed E-state index contributed by atoms with van der Waals surface area (Å²) in [6.45, 7) is 5.28. The standard InChI is InChI=1S/C15H20BrNO4/c1-15(2)7-20-12-6-9(11(17)3-4-13(18)19)5-10(16)14(12)21-8-15/h5-6,11H,3-4,7-8,17H2,1-2H3,(H,18,19). The second kappa shape index (κ2) is 6.23. The number of benzene rings is 1. The molecule has 1 heterocycles. The largest absolute Gasteiger partial charge is 0.489 e. The molecule has 2 rings (SSSR count). The van der Waals surface area contributed by atoms with E-state index in [0.29, 0.717) is 31.1 Å². The maximum atomic E-state index is 10.6. The minimum Gasteiger partial charge on any atom is -0.489 e. The molecule has 1 aliphatic rings. The lowest BCUT2D eigenvalue weighted by atomic mass is 9.97. The predicted molar refractivity (Wildman–Crippen MR) is 82.7 cm³/mol. The smallest absolute Gasteiger partial charge is 0.303 e. The van der Waals surface area contributed by atoms with Gasteiger partial charge in [0.2, 0.25) is 0 Å². The molecule has 1 aromatic carbocycles. The Hall–Kier alpha value is -1.27. The summed E-state index contributed by atoms with van der Waals surface area (Å²) in [5.74, 6) is 0.478. The molecule has 0 radical (unpaired) electrons. The van der Waals surface area contributed by atoms with Crippen LogP contribution in [0.3, 0.4) is 0 Å². The number of carbonyl (C=O) groups is 1. The molecular formula is C15H20BrNO4. The lowest BCUT2D eigenvalue weighted by Gasteiger charge is -2.19. The van der Waals surface area contributed by atoms with Gasteiger partial charge in [-0.3, -0.25) is 4.79 Å². The fourth-order valence-electron chi connectivity index (χ4n) is 2.08. The highest BCUT2D eigenvalue weighted by molar-refractivity contribution is 9.10. The van der Waals surface area contributed by atoms with Crippen LogP contribution in [0.15, 0.2) is 16.6 Å². The van der Waals surface area contributed by atoms with Crippen molar-refractivity contribution in [2.24, 2.45) is 11.1 Å². The van der Waals surface area contributed by atoms with E-state index in [1.807, 2.05) is 12.1 Å². The number of ether oxygens (including phenoxy) is 2. The van der Waals surface area contributed by atoms with Crippen LogP contribution in [-0.2, 0) is 4.79 Å². The van der Waals surface area contributed by atoms with Crippen molar-refractivity contribution < 1.29 is 19.4 Å². The van der Waals surface area contributed by atoms with Crippen molar-refractivity contribution in [3.05, 3.63) is 22.2 Å². The van der Waals surface area contributed by atoms with Gasteiger partial charge in [-0.05, 0) is 40.0 Å². The summed E-state index contributed by atoms with van der Waals surface area (Å²) in [6, 6.07) is 3.36. The zero-order chi connectivity index (χ0) is 15.6. The van der Waals surface area contributed by atoms with Gasteiger partial charge in [-0.2, -0.15) is 0 Å². The first-order chi connectivity index (χ1) is 9.78. The van der Waals surface area contributed by atoms with Gasteiger partial charge in [-0.15, -0.1) is 0 Å². The van der Waals surface area contributed by atoms with E-state index in [9.17, 15) is 4.79 Å². The maximum Gasteiger partial charge on any atom is 0.303 e. The van der Waals surface area contributed by atoms with Crippen LogP contribution in [0.25, 0.3) is 0 Å². The summed E-state index contributed by atoms with van der Waals surface area (Å²) in [5.41, 5.74) is 6.83. The van der Waals surface area contributed by atoms with Gasteiger partial charge >= 0.3 is 5.97 Å². The number of nitrogens with two attached hydrogens (primary N) is 1. The topological polar surface area (TPSA) is 81.8 Å². The van der Waals surface area contributed by atoms with E-state index >= 15 is 0 Å². The summed E-state index contributed by atoms with van der Waals surface area (Å²) >= 11 is 3.48. The first-order valence-corrected chi connectivity index (χ1v) is 7.64. The fraction of sp³-hybridized carbons (Fsp3) is 0.533. The van der Waals surface area contributed by atoms with E-state index < -0.39 is 5.97 Å². The number of carboxylic acids is 1. The zero-order valence-corrected chi connectivity index (χ0v) is 13.8. The Morgan fingerprint density at radius 2 is 2.10 bits per heavy atom. The molecule has 0 amide bonds. The highest BCUT2D eigenvalue weighted by Crippen LogP contribution is 2.41. The third-order valence-electron chi connectivity index (χ3n) is 3.35. The first-order valence-electron chi connectivity index (χ1n) is 6.85. The molecule has 1 aliphatic heterocycles. The minimum atomic E-state index is -0.847. The van der Waals surface area contributed by atoms with Crippen LogP contribution >= 0.6 is 15.9 Å². The monoisotopic (exact) mass is 357 g/mol. The molecule has 0 fully saturated rings. The van der Waals surface area contributed by atoms with E-state index in [1.165, 1.54) is 0 Å². The van der Waals surface area contributed by atoms with E-state index in [0.717, 1.165) is 10.0 Å². The van der Waals surface area contributed by atoms with Crippen LogP contribution in [0, 0.1) is 5.41 Å². The number of fused-ring (bicyclic) bond motifs is 1. The van der Waals surface area contributed by atoms with Crippen molar-refractivity contribution in [3.8, 4) is 11.5 Å². The van der Waals surface area contributed by atoms with Crippen LogP contribution in [0.2, 0.25) is 0 Å². The van der Waals surface area contributed by atoms with E-state index in [1.54, 1.807) is 0 Å². The quantitative estimate of drug-likeness (QED) is 0.864. The molecule has 3 N–H and O–H groups in total. The van der Waals surface area contributed by atoms with E-state index in [2.05, 4.69) is 29.8 Å². The number of hydrogen-bond donors (Lipinski definition) is 2. The molecule has 21 heavy (non-hydrogen) atoms. The Morgan fingerprint density at radius 3 is 2.76 bits per heavy atom. The molecular weight excluding hydrogens is 338 g/mol. The van der Waals surface area contributed by atoms with E-state index in [4.69, 9.17) is 20.3 Å². The average molecular weight is 358 g/mol. The van der Waals surface area contributed by atoms with Crippen molar-refractivity contribution >= 4 is 21.9 Å². The molecule has 5 nitrogen and oxygen atoms in total. The zero-order valence-electron chi connectivity index (χ0n) is 12.2. The molecule has 1 aromatic rings. The Kier molecular flexibility index (Phi) is 4.78. The Bertz CT molecular complexity index is 545. The second-order valence-corrected chi connectivity index (χ2v) is 6.96. The van der Waals surface area contributed by atoms with Crippen molar-refractivity contribution in [1.29, 1.82) is 0 Å². The number of halogens is 1. The second-order valence-electron chi connectivity index (χ2n) is 6.11. The third-order valence-corrected chi connectivity index (χ3v) is 3.94. The summed E-state index contributed by atoms with van der Waals surface area (Å²) in [7, 11) is 0. The summed E-state index contributed by atoms with van der Waals surface area (Å²) in [6.07, 6.45) is 0.424. The van der Waals surface area contributed by atoms with Crippen molar-refractivity contribution in [2.45, 2.75) is 32.7 Å². The van der Waals surface area contributed by atoms with Gasteiger partial charge in [0.05, 0.1) is 17.7 Å². The molecule has 1 atom stereocenters. The highest BCUT2D eigenvalue weighted by atomic mass is 79.9. The number of rotatable bonds is 4. The van der Waals surface area contributed by atoms with Crippen LogP contribution in [0.5, 0.6) is 11.5 Å². The van der Waals surface area contributed by atoms with Crippen molar-refractivity contribution in [2.75, 3.05) is 13.2 Å². The molecule has 0 aromatic heterocycles. The Labute approximate surface area is 132 Å². The number of aliphatic carboxylic acids is 1. The summed E-state index contributed by atoms with van der Waals surface area (Å²) in [4.78, 5) is 10.6. The van der Waals surface area contributed by atoms with Crippen LogP contribution in [0.4, 0.5) is 0 Å². The van der Waals surface area contributed by atoms with Gasteiger partial charge < -0.3 is 20.3 Å². The van der Waals surface area contributed by atoms with Gasteiger partial charge in [-0.25, -0.2) is 0 Å². The average Bonchev–Trinajstić information content (AvgIpc) is 2.55. The molecule has 116 valence electrons. The lowest BCUT2D eigenvalue weighted by molar-refractivity contribution is -0.137. The number of carboxylic acid groups (broad SMARTS) is 1. The predicted octanol–water partition coefficient (Wildman–Crippen LogP) is 3.11. The van der Waals surface area contributed by atoms with Crippen LogP contribution < -0.4 is 15.2 Å². The normalized spacial score (nSPS) is 17.9. The molecule has 0 aliphatic carbocycles. The minimum absolute atomic E-state index is 0.0419. The van der Waals surface area contributed by atoms with Crippen LogP contribution in [-0.4, -0.2) is 24.3 Å². The molecule has 0 spiro atoms. The SMILES string of the molecule is CC1(C)COc2cc(C(N)CCC(=O)O)cc(Br)c2OC1. The molecule has 0 saturated heterocycles. The lowest BCUT2D eigenvalue weighted by Crippen LogP contribution is -2.26. The molecule has 0 saturated carbocycles. The molecule has 0 bridgehead atoms. The Morgan fingerprint density at radius 1 is 1.43 bits per heavy atom.